The molecule has 0 saturated carbocycles. The lowest BCUT2D eigenvalue weighted by Gasteiger charge is -2.13. The second kappa shape index (κ2) is 9.22. The summed E-state index contributed by atoms with van der Waals surface area (Å²) >= 11 is 0. The minimum Gasteiger partial charge on any atom is -0.356 e. The molecule has 0 spiro atoms. The molecule has 0 aliphatic heterocycles. The molecule has 3 rings (SSSR count). The molecule has 1 aliphatic rings. The number of nitrogens with zero attached hydrogens (tertiary/aromatic N) is 2. The van der Waals surface area contributed by atoms with E-state index in [1.54, 1.807) is 5.56 Å². The number of rotatable bonds is 9. The fourth-order valence-corrected chi connectivity index (χ4v) is 4.14. The normalized spacial score (nSPS) is 14.0. The monoisotopic (exact) mass is 355 g/mol. The van der Waals surface area contributed by atoms with Crippen LogP contribution in [0.15, 0.2) is 24.4 Å². The van der Waals surface area contributed by atoms with Gasteiger partial charge in [0.1, 0.15) is 0 Å². The van der Waals surface area contributed by atoms with Crippen molar-refractivity contribution in [2.24, 2.45) is 0 Å². The molecular formula is C22H33N3O. The number of fused-ring (bicyclic) bond motifs is 3. The Labute approximate surface area is 157 Å². The second-order valence-electron chi connectivity index (χ2n) is 7.78. The van der Waals surface area contributed by atoms with Gasteiger partial charge < -0.3 is 14.6 Å². The molecule has 4 heteroatoms. The first-order valence-corrected chi connectivity index (χ1v) is 10.2. The maximum absolute atomic E-state index is 12.1. The summed E-state index contributed by atoms with van der Waals surface area (Å²) in [5, 5.41) is 3.13. The average Bonchev–Trinajstić information content (AvgIpc) is 2.96. The number of aromatic nitrogens is 1. The van der Waals surface area contributed by atoms with Crippen molar-refractivity contribution in [1.29, 1.82) is 0 Å². The van der Waals surface area contributed by atoms with Gasteiger partial charge >= 0.3 is 0 Å². The van der Waals surface area contributed by atoms with Crippen molar-refractivity contribution in [1.82, 2.24) is 14.6 Å². The third-order valence-electron chi connectivity index (χ3n) is 5.47. The molecule has 2 aromatic heterocycles. The number of pyridine rings is 1. The highest BCUT2D eigenvalue weighted by atomic mass is 16.1. The van der Waals surface area contributed by atoms with Crippen LogP contribution in [-0.4, -0.2) is 42.4 Å². The van der Waals surface area contributed by atoms with Crippen LogP contribution in [0.1, 0.15) is 55.3 Å². The molecule has 0 radical (unpaired) electrons. The Morgan fingerprint density at radius 2 is 2.00 bits per heavy atom. The Kier molecular flexibility index (Phi) is 6.73. The summed E-state index contributed by atoms with van der Waals surface area (Å²) in [6, 6.07) is 6.46. The smallest absolute Gasteiger partial charge is 0.220 e. The van der Waals surface area contributed by atoms with Gasteiger partial charge in [-0.15, -0.1) is 0 Å². The van der Waals surface area contributed by atoms with E-state index in [0.29, 0.717) is 6.42 Å². The summed E-state index contributed by atoms with van der Waals surface area (Å²) < 4.78 is 2.37. The zero-order chi connectivity index (χ0) is 18.4. The van der Waals surface area contributed by atoms with Crippen LogP contribution in [0.3, 0.4) is 0 Å². The Morgan fingerprint density at radius 1 is 1.15 bits per heavy atom. The molecule has 1 N–H and O–H groups in total. The van der Waals surface area contributed by atoms with E-state index in [0.717, 1.165) is 32.4 Å². The number of hydrogen-bond acceptors (Lipinski definition) is 2. The predicted octanol–water partition coefficient (Wildman–Crippen LogP) is 3.60. The minimum absolute atomic E-state index is 0.201. The van der Waals surface area contributed by atoms with Gasteiger partial charge in [-0.2, -0.15) is 0 Å². The van der Waals surface area contributed by atoms with Crippen molar-refractivity contribution < 1.29 is 4.79 Å². The van der Waals surface area contributed by atoms with Crippen LogP contribution in [0.4, 0.5) is 0 Å². The third kappa shape index (κ3) is 4.67. The Bertz CT molecular complexity index is 732. The van der Waals surface area contributed by atoms with E-state index in [1.165, 1.54) is 48.9 Å². The molecule has 0 saturated heterocycles. The van der Waals surface area contributed by atoms with Gasteiger partial charge in [0.15, 0.2) is 0 Å². The number of unbranched alkanes of at least 4 members (excludes halogenated alkanes) is 2. The Balaban J connectivity index is 1.50. The SMILES string of the molecule is CN(C)CCCCCC(=O)NCCc1c2c(n3ccccc13)CCCC2. The molecular weight excluding hydrogens is 322 g/mol. The number of nitrogens with one attached hydrogen (secondary N) is 1. The van der Waals surface area contributed by atoms with Gasteiger partial charge in [0.05, 0.1) is 0 Å². The molecule has 0 unspecified atom stereocenters. The number of amides is 1. The van der Waals surface area contributed by atoms with E-state index in [4.69, 9.17) is 0 Å². The largest absolute Gasteiger partial charge is 0.356 e. The molecule has 142 valence electrons. The highest BCUT2D eigenvalue weighted by Crippen LogP contribution is 2.30. The summed E-state index contributed by atoms with van der Waals surface area (Å²) in [6.07, 6.45) is 12.0. The number of hydrogen-bond donors (Lipinski definition) is 1. The molecule has 2 heterocycles. The van der Waals surface area contributed by atoms with Crippen LogP contribution in [0.2, 0.25) is 0 Å². The molecule has 26 heavy (non-hydrogen) atoms. The Hall–Kier alpha value is -1.81. The van der Waals surface area contributed by atoms with Crippen molar-refractivity contribution in [3.63, 3.8) is 0 Å². The zero-order valence-corrected chi connectivity index (χ0v) is 16.4. The van der Waals surface area contributed by atoms with E-state index in [1.807, 2.05) is 0 Å². The van der Waals surface area contributed by atoms with Crippen LogP contribution < -0.4 is 5.32 Å². The van der Waals surface area contributed by atoms with E-state index in [9.17, 15) is 4.79 Å². The topological polar surface area (TPSA) is 36.8 Å². The molecule has 0 fully saturated rings. The van der Waals surface area contributed by atoms with Gasteiger partial charge in [0.2, 0.25) is 5.91 Å². The summed E-state index contributed by atoms with van der Waals surface area (Å²) in [5.74, 6) is 0.201. The first-order valence-electron chi connectivity index (χ1n) is 10.2. The molecule has 1 amide bonds. The minimum atomic E-state index is 0.201. The second-order valence-corrected chi connectivity index (χ2v) is 7.78. The zero-order valence-electron chi connectivity index (χ0n) is 16.4. The predicted molar refractivity (Wildman–Crippen MR) is 108 cm³/mol. The highest BCUT2D eigenvalue weighted by molar-refractivity contribution is 5.75. The molecule has 4 nitrogen and oxygen atoms in total. The van der Waals surface area contributed by atoms with Crippen LogP contribution in [-0.2, 0) is 24.1 Å². The third-order valence-corrected chi connectivity index (χ3v) is 5.47. The van der Waals surface area contributed by atoms with Crippen LogP contribution in [0, 0.1) is 0 Å². The van der Waals surface area contributed by atoms with E-state index in [-0.39, 0.29) is 5.91 Å². The van der Waals surface area contributed by atoms with Gasteiger partial charge in [-0.25, -0.2) is 0 Å². The van der Waals surface area contributed by atoms with Crippen molar-refractivity contribution in [3.05, 3.63) is 41.2 Å². The summed E-state index contributed by atoms with van der Waals surface area (Å²) in [4.78, 5) is 14.3. The molecule has 2 aromatic rings. The molecule has 0 aromatic carbocycles. The summed E-state index contributed by atoms with van der Waals surface area (Å²) in [7, 11) is 4.19. The average molecular weight is 356 g/mol. The quantitative estimate of drug-likeness (QED) is 0.698. The first kappa shape index (κ1) is 19.0. The van der Waals surface area contributed by atoms with Crippen molar-refractivity contribution in [2.45, 2.75) is 57.8 Å². The maximum Gasteiger partial charge on any atom is 0.220 e. The maximum atomic E-state index is 12.1. The number of aryl methyl sites for hydroxylation is 1. The van der Waals surface area contributed by atoms with Crippen molar-refractivity contribution >= 4 is 11.4 Å². The number of carbonyl (C=O) groups is 1. The molecule has 0 bridgehead atoms. The fourth-order valence-electron chi connectivity index (χ4n) is 4.14. The van der Waals surface area contributed by atoms with E-state index < -0.39 is 0 Å². The molecule has 0 atom stereocenters. The lowest BCUT2D eigenvalue weighted by Crippen LogP contribution is -2.25. The standard InChI is InChI=1S/C22H33N3O/c1-24(2)16-8-3-4-13-22(26)23-15-14-19-18-10-5-6-11-20(18)25-17-9-7-12-21(19)25/h7,9,12,17H,3-6,8,10-11,13-16H2,1-2H3,(H,23,26). The van der Waals surface area contributed by atoms with Gasteiger partial charge in [0, 0.05) is 30.4 Å². The van der Waals surface area contributed by atoms with Crippen LogP contribution >= 0.6 is 0 Å². The first-order chi connectivity index (χ1) is 12.7. The lowest BCUT2D eigenvalue weighted by atomic mass is 9.93. The van der Waals surface area contributed by atoms with Crippen molar-refractivity contribution in [3.8, 4) is 0 Å². The van der Waals surface area contributed by atoms with E-state index in [2.05, 4.69) is 53.1 Å². The highest BCUT2D eigenvalue weighted by Gasteiger charge is 2.20. The number of carbonyl (C=O) groups excluding carboxylic acids is 1. The Morgan fingerprint density at radius 3 is 2.85 bits per heavy atom. The summed E-state index contributed by atoms with van der Waals surface area (Å²) in [6.45, 7) is 1.85. The van der Waals surface area contributed by atoms with Gasteiger partial charge in [-0.05, 0) is 88.8 Å². The van der Waals surface area contributed by atoms with Crippen molar-refractivity contribution in [2.75, 3.05) is 27.2 Å². The summed E-state index contributed by atoms with van der Waals surface area (Å²) in [5.41, 5.74) is 5.82. The lowest BCUT2D eigenvalue weighted by molar-refractivity contribution is -0.121. The van der Waals surface area contributed by atoms with Gasteiger partial charge in [-0.3, -0.25) is 4.79 Å². The van der Waals surface area contributed by atoms with Crippen LogP contribution in [0.5, 0.6) is 0 Å². The van der Waals surface area contributed by atoms with Gasteiger partial charge in [0.25, 0.3) is 0 Å². The van der Waals surface area contributed by atoms with E-state index >= 15 is 0 Å². The fraction of sp³-hybridized carbons (Fsp3) is 0.591. The molecule has 1 aliphatic carbocycles. The van der Waals surface area contributed by atoms with Crippen LogP contribution in [0.25, 0.3) is 5.52 Å². The van der Waals surface area contributed by atoms with Gasteiger partial charge in [-0.1, -0.05) is 12.5 Å².